The fraction of sp³-hybridized carbons (Fsp3) is 0.400. The molecule has 0 aromatic heterocycles. The highest BCUT2D eigenvalue weighted by atomic mass is 32.2. The molecule has 1 unspecified atom stereocenters. The topological polar surface area (TPSA) is 46.3 Å². The molecule has 2 N–H and O–H groups in total. The Labute approximate surface area is 87.5 Å². The molecule has 78 valence electrons. The predicted octanol–water partition coefficient (Wildman–Crippen LogP) is 1.51. The highest BCUT2D eigenvalue weighted by Gasteiger charge is 2.05. The van der Waals surface area contributed by atoms with Crippen molar-refractivity contribution in [2.45, 2.75) is 24.8 Å². The first-order valence-corrected chi connectivity index (χ1v) is 5.72. The van der Waals surface area contributed by atoms with E-state index in [2.05, 4.69) is 18.7 Å². The lowest BCUT2D eigenvalue weighted by Gasteiger charge is -2.23. The van der Waals surface area contributed by atoms with Crippen molar-refractivity contribution in [2.24, 2.45) is 5.14 Å². The summed E-state index contributed by atoms with van der Waals surface area (Å²) < 4.78 is 10.9. The van der Waals surface area contributed by atoms with Crippen molar-refractivity contribution < 1.29 is 4.21 Å². The molecule has 0 radical (unpaired) electrons. The van der Waals surface area contributed by atoms with Crippen molar-refractivity contribution in [3.05, 3.63) is 24.3 Å². The van der Waals surface area contributed by atoms with Crippen molar-refractivity contribution in [3.63, 3.8) is 0 Å². The van der Waals surface area contributed by atoms with E-state index in [0.29, 0.717) is 10.9 Å². The Hall–Kier alpha value is -0.870. The Kier molecular flexibility index (Phi) is 3.66. The fourth-order valence-electron chi connectivity index (χ4n) is 1.11. The summed E-state index contributed by atoms with van der Waals surface area (Å²) in [6.45, 7) is 4.24. The maximum Gasteiger partial charge on any atom is 0.122 e. The zero-order valence-corrected chi connectivity index (χ0v) is 9.54. The average molecular weight is 212 g/mol. The van der Waals surface area contributed by atoms with Crippen molar-refractivity contribution in [2.75, 3.05) is 11.9 Å². The number of nitrogens with two attached hydrogens (primary N) is 1. The fourth-order valence-corrected chi connectivity index (χ4v) is 1.52. The Bertz CT molecular complexity index is 321. The van der Waals surface area contributed by atoms with Gasteiger partial charge in [-0.2, -0.15) is 0 Å². The van der Waals surface area contributed by atoms with Gasteiger partial charge in [-0.05, 0) is 38.1 Å². The van der Waals surface area contributed by atoms with Crippen LogP contribution < -0.4 is 10.0 Å². The Morgan fingerprint density at radius 3 is 2.14 bits per heavy atom. The van der Waals surface area contributed by atoms with Crippen LogP contribution in [0.25, 0.3) is 0 Å². The first-order valence-electron chi connectivity index (χ1n) is 4.51. The van der Waals surface area contributed by atoms with Crippen LogP contribution in [0, 0.1) is 0 Å². The molecule has 14 heavy (non-hydrogen) atoms. The number of benzene rings is 1. The molecule has 0 saturated heterocycles. The first kappa shape index (κ1) is 11.2. The number of rotatable bonds is 3. The number of hydrogen-bond acceptors (Lipinski definition) is 2. The van der Waals surface area contributed by atoms with Crippen LogP contribution in [0.15, 0.2) is 29.2 Å². The van der Waals surface area contributed by atoms with Crippen LogP contribution in [0.1, 0.15) is 13.8 Å². The quantitative estimate of drug-likeness (QED) is 0.825. The molecule has 0 fully saturated rings. The summed E-state index contributed by atoms with van der Waals surface area (Å²) in [6, 6.07) is 7.90. The molecule has 0 bridgehead atoms. The second kappa shape index (κ2) is 4.57. The standard InChI is InChI=1S/C10H16N2OS/c1-8(2)12(3)9-4-6-10(7-5-9)14(11)13/h4-8H,11H2,1-3H3. The van der Waals surface area contributed by atoms with E-state index in [1.807, 2.05) is 19.2 Å². The van der Waals surface area contributed by atoms with Gasteiger partial charge < -0.3 is 4.90 Å². The lowest BCUT2D eigenvalue weighted by atomic mass is 10.2. The molecule has 4 heteroatoms. The molecule has 0 saturated carbocycles. The third-order valence-electron chi connectivity index (χ3n) is 2.25. The molecule has 0 spiro atoms. The van der Waals surface area contributed by atoms with Crippen molar-refractivity contribution in [1.29, 1.82) is 0 Å². The normalized spacial score (nSPS) is 12.9. The summed E-state index contributed by atoms with van der Waals surface area (Å²) in [7, 11) is 0.647. The SMILES string of the molecule is CC(C)N(C)c1ccc(S(N)=O)cc1. The van der Waals surface area contributed by atoms with E-state index in [1.165, 1.54) is 0 Å². The van der Waals surface area contributed by atoms with E-state index in [0.717, 1.165) is 5.69 Å². The van der Waals surface area contributed by atoms with Crippen molar-refractivity contribution in [3.8, 4) is 0 Å². The largest absolute Gasteiger partial charge is 0.372 e. The molecule has 3 nitrogen and oxygen atoms in total. The molecule has 0 aliphatic heterocycles. The molecule has 0 aliphatic rings. The first-order chi connectivity index (χ1) is 6.52. The summed E-state index contributed by atoms with van der Waals surface area (Å²) in [5, 5.41) is 5.26. The van der Waals surface area contributed by atoms with Gasteiger partial charge in [0.25, 0.3) is 0 Å². The van der Waals surface area contributed by atoms with Crippen LogP contribution in [0.4, 0.5) is 5.69 Å². The smallest absolute Gasteiger partial charge is 0.122 e. The molecule has 1 rings (SSSR count). The summed E-state index contributed by atoms with van der Waals surface area (Å²) in [5.74, 6) is 0. The molecule has 0 aliphatic carbocycles. The van der Waals surface area contributed by atoms with E-state index in [-0.39, 0.29) is 0 Å². The van der Waals surface area contributed by atoms with E-state index < -0.39 is 11.0 Å². The van der Waals surface area contributed by atoms with Gasteiger partial charge in [-0.25, -0.2) is 9.35 Å². The van der Waals surface area contributed by atoms with Gasteiger partial charge >= 0.3 is 0 Å². The van der Waals surface area contributed by atoms with Crippen LogP contribution in [-0.2, 0) is 11.0 Å². The maximum absolute atomic E-state index is 10.9. The van der Waals surface area contributed by atoms with Crippen LogP contribution in [0.2, 0.25) is 0 Å². The molecule has 1 aromatic carbocycles. The molecule has 0 amide bonds. The molecule has 0 heterocycles. The van der Waals surface area contributed by atoms with Gasteiger partial charge in [0.15, 0.2) is 0 Å². The lowest BCUT2D eigenvalue weighted by Crippen LogP contribution is -2.25. The lowest BCUT2D eigenvalue weighted by molar-refractivity contribution is 0.684. The predicted molar refractivity (Wildman–Crippen MR) is 60.6 cm³/mol. The van der Waals surface area contributed by atoms with Crippen LogP contribution in [0.5, 0.6) is 0 Å². The van der Waals surface area contributed by atoms with Gasteiger partial charge in [0.1, 0.15) is 11.0 Å². The highest BCUT2D eigenvalue weighted by molar-refractivity contribution is 7.82. The Balaban J connectivity index is 2.88. The summed E-state index contributed by atoms with van der Waals surface area (Å²) in [4.78, 5) is 2.80. The van der Waals surface area contributed by atoms with Gasteiger partial charge in [0, 0.05) is 18.8 Å². The molecular formula is C10H16N2OS. The minimum atomic E-state index is -1.38. The van der Waals surface area contributed by atoms with Gasteiger partial charge in [-0.1, -0.05) is 0 Å². The zero-order valence-electron chi connectivity index (χ0n) is 8.73. The summed E-state index contributed by atoms with van der Waals surface area (Å²) in [5.41, 5.74) is 1.11. The molecule has 1 aromatic rings. The van der Waals surface area contributed by atoms with Gasteiger partial charge in [0.05, 0.1) is 4.90 Å². The third kappa shape index (κ3) is 2.56. The van der Waals surface area contributed by atoms with Crippen LogP contribution >= 0.6 is 0 Å². The van der Waals surface area contributed by atoms with Gasteiger partial charge in [0.2, 0.25) is 0 Å². The second-order valence-corrected chi connectivity index (χ2v) is 4.56. The van der Waals surface area contributed by atoms with Crippen molar-refractivity contribution in [1.82, 2.24) is 0 Å². The maximum atomic E-state index is 10.9. The Morgan fingerprint density at radius 2 is 1.79 bits per heavy atom. The van der Waals surface area contributed by atoms with E-state index >= 15 is 0 Å². The van der Waals surface area contributed by atoms with Crippen molar-refractivity contribution >= 4 is 16.7 Å². The number of anilines is 1. The van der Waals surface area contributed by atoms with E-state index in [1.54, 1.807) is 12.1 Å². The Morgan fingerprint density at radius 1 is 1.29 bits per heavy atom. The third-order valence-corrected chi connectivity index (χ3v) is 2.99. The van der Waals surface area contributed by atoms with Gasteiger partial charge in [-0.15, -0.1) is 0 Å². The summed E-state index contributed by atoms with van der Waals surface area (Å²) in [6.07, 6.45) is 0. The average Bonchev–Trinajstić information content (AvgIpc) is 2.16. The molecular weight excluding hydrogens is 196 g/mol. The number of nitrogens with zero attached hydrogens (tertiary/aromatic N) is 1. The minimum absolute atomic E-state index is 0.448. The number of hydrogen-bond donors (Lipinski definition) is 1. The van der Waals surface area contributed by atoms with Crippen LogP contribution in [-0.4, -0.2) is 17.3 Å². The van der Waals surface area contributed by atoms with Gasteiger partial charge in [-0.3, -0.25) is 0 Å². The highest BCUT2D eigenvalue weighted by Crippen LogP contribution is 2.16. The van der Waals surface area contributed by atoms with E-state index in [9.17, 15) is 4.21 Å². The minimum Gasteiger partial charge on any atom is -0.372 e. The van der Waals surface area contributed by atoms with E-state index in [4.69, 9.17) is 5.14 Å². The van der Waals surface area contributed by atoms with Crippen LogP contribution in [0.3, 0.4) is 0 Å². The zero-order chi connectivity index (χ0) is 10.7. The monoisotopic (exact) mass is 212 g/mol. The summed E-state index contributed by atoms with van der Waals surface area (Å²) >= 11 is 0. The molecule has 1 atom stereocenters. The second-order valence-electron chi connectivity index (χ2n) is 3.50.